The van der Waals surface area contributed by atoms with Crippen LogP contribution < -0.4 is 10.6 Å². The van der Waals surface area contributed by atoms with Crippen molar-refractivity contribution < 1.29 is 23.6 Å². The molecule has 0 saturated heterocycles. The number of hydrogen-bond acceptors (Lipinski definition) is 6. The molecule has 1 aromatic heterocycles. The molecular formula is C18H20ClN3O5. The summed E-state index contributed by atoms with van der Waals surface area (Å²) in [6.07, 6.45) is 0. The van der Waals surface area contributed by atoms with Crippen molar-refractivity contribution in [2.24, 2.45) is 5.92 Å². The van der Waals surface area contributed by atoms with Gasteiger partial charge in [-0.2, -0.15) is 0 Å². The second-order valence-electron chi connectivity index (χ2n) is 6.15. The Morgan fingerprint density at radius 3 is 2.56 bits per heavy atom. The van der Waals surface area contributed by atoms with Crippen molar-refractivity contribution in [1.29, 1.82) is 0 Å². The Labute approximate surface area is 161 Å². The molecule has 0 spiro atoms. The molecule has 8 nitrogen and oxygen atoms in total. The Bertz CT molecular complexity index is 834. The van der Waals surface area contributed by atoms with Crippen molar-refractivity contribution in [2.75, 3.05) is 11.9 Å². The lowest BCUT2D eigenvalue weighted by atomic mass is 10.0. The third kappa shape index (κ3) is 5.82. The van der Waals surface area contributed by atoms with Crippen LogP contribution >= 0.6 is 11.6 Å². The summed E-state index contributed by atoms with van der Waals surface area (Å²) in [7, 11) is 0. The lowest BCUT2D eigenvalue weighted by molar-refractivity contribution is -0.150. The molecule has 0 radical (unpaired) electrons. The van der Waals surface area contributed by atoms with Gasteiger partial charge in [-0.05, 0) is 25.0 Å². The van der Waals surface area contributed by atoms with Crippen LogP contribution in [0.25, 0.3) is 0 Å². The van der Waals surface area contributed by atoms with E-state index in [9.17, 15) is 14.4 Å². The molecule has 2 amide bonds. The summed E-state index contributed by atoms with van der Waals surface area (Å²) in [5.74, 6) is -1.30. The minimum atomic E-state index is -0.934. The number of ether oxygens (including phenoxy) is 1. The van der Waals surface area contributed by atoms with Gasteiger partial charge < -0.3 is 19.9 Å². The van der Waals surface area contributed by atoms with Crippen LogP contribution in [-0.4, -0.2) is 35.6 Å². The number of nitrogens with zero attached hydrogens (tertiary/aromatic N) is 1. The average molecular weight is 394 g/mol. The van der Waals surface area contributed by atoms with Crippen LogP contribution in [0.15, 0.2) is 34.9 Å². The lowest BCUT2D eigenvalue weighted by Crippen LogP contribution is -2.46. The molecule has 0 aliphatic rings. The summed E-state index contributed by atoms with van der Waals surface area (Å²) < 4.78 is 9.84. The number of carbonyl (C=O) groups is 3. The van der Waals surface area contributed by atoms with Gasteiger partial charge in [-0.25, -0.2) is 4.79 Å². The van der Waals surface area contributed by atoms with E-state index in [1.54, 1.807) is 45.0 Å². The number of rotatable bonds is 7. The predicted molar refractivity (Wildman–Crippen MR) is 98.4 cm³/mol. The van der Waals surface area contributed by atoms with E-state index in [0.29, 0.717) is 5.76 Å². The van der Waals surface area contributed by atoms with Crippen LogP contribution in [0.3, 0.4) is 0 Å². The van der Waals surface area contributed by atoms with Crippen LogP contribution in [-0.2, 0) is 14.3 Å². The summed E-state index contributed by atoms with van der Waals surface area (Å²) in [4.78, 5) is 36.5. The zero-order chi connectivity index (χ0) is 20.0. The zero-order valence-corrected chi connectivity index (χ0v) is 15.9. The van der Waals surface area contributed by atoms with E-state index in [-0.39, 0.29) is 22.3 Å². The van der Waals surface area contributed by atoms with Gasteiger partial charge in [-0.1, -0.05) is 42.7 Å². The highest BCUT2D eigenvalue weighted by Gasteiger charge is 2.27. The maximum Gasteiger partial charge on any atom is 0.329 e. The third-order valence-electron chi connectivity index (χ3n) is 3.57. The van der Waals surface area contributed by atoms with Crippen molar-refractivity contribution in [3.63, 3.8) is 0 Å². The summed E-state index contributed by atoms with van der Waals surface area (Å²) >= 11 is 6.00. The molecule has 1 unspecified atom stereocenters. The Morgan fingerprint density at radius 1 is 1.26 bits per heavy atom. The van der Waals surface area contributed by atoms with Crippen molar-refractivity contribution in [1.82, 2.24) is 10.5 Å². The highest BCUT2D eigenvalue weighted by atomic mass is 35.5. The van der Waals surface area contributed by atoms with E-state index < -0.39 is 30.4 Å². The number of aromatic nitrogens is 1. The maximum absolute atomic E-state index is 12.4. The number of carbonyl (C=O) groups excluding carboxylic acids is 3. The summed E-state index contributed by atoms with van der Waals surface area (Å²) in [5, 5.41) is 8.91. The molecule has 27 heavy (non-hydrogen) atoms. The minimum Gasteiger partial charge on any atom is -0.454 e. The van der Waals surface area contributed by atoms with Gasteiger partial charge in [-0.15, -0.1) is 0 Å². The van der Waals surface area contributed by atoms with Gasteiger partial charge in [0.15, 0.2) is 12.4 Å². The molecule has 1 aromatic carbocycles. The number of halogens is 1. The number of hydrogen-bond donors (Lipinski definition) is 2. The van der Waals surface area contributed by atoms with Crippen molar-refractivity contribution >= 4 is 35.2 Å². The smallest absolute Gasteiger partial charge is 0.329 e. The van der Waals surface area contributed by atoms with E-state index in [1.165, 1.54) is 6.07 Å². The quantitative estimate of drug-likeness (QED) is 0.699. The fourth-order valence-electron chi connectivity index (χ4n) is 2.19. The first-order valence-corrected chi connectivity index (χ1v) is 8.61. The molecular weight excluding hydrogens is 374 g/mol. The first-order chi connectivity index (χ1) is 12.8. The van der Waals surface area contributed by atoms with Gasteiger partial charge in [0, 0.05) is 6.07 Å². The lowest BCUT2D eigenvalue weighted by Gasteiger charge is -2.21. The number of amides is 2. The highest BCUT2D eigenvalue weighted by molar-refractivity contribution is 6.33. The molecule has 144 valence electrons. The summed E-state index contributed by atoms with van der Waals surface area (Å²) in [6.45, 7) is 4.65. The van der Waals surface area contributed by atoms with Crippen LogP contribution in [0.2, 0.25) is 5.02 Å². The predicted octanol–water partition coefficient (Wildman–Crippen LogP) is 2.57. The van der Waals surface area contributed by atoms with E-state index in [1.807, 2.05) is 0 Å². The molecule has 9 heteroatoms. The SMILES string of the molecule is Cc1cc(NC(=O)COC(=O)C(NC(=O)c2ccccc2Cl)C(C)C)no1. The van der Waals surface area contributed by atoms with E-state index >= 15 is 0 Å². The Morgan fingerprint density at radius 2 is 1.96 bits per heavy atom. The van der Waals surface area contributed by atoms with Crippen LogP contribution in [0.5, 0.6) is 0 Å². The molecule has 0 aliphatic carbocycles. The number of esters is 1. The van der Waals surface area contributed by atoms with Crippen LogP contribution in [0.1, 0.15) is 30.0 Å². The van der Waals surface area contributed by atoms with E-state index in [2.05, 4.69) is 15.8 Å². The number of aryl methyl sites for hydroxylation is 1. The zero-order valence-electron chi connectivity index (χ0n) is 15.1. The van der Waals surface area contributed by atoms with Crippen LogP contribution in [0.4, 0.5) is 5.82 Å². The van der Waals surface area contributed by atoms with Gasteiger partial charge in [0.05, 0.1) is 10.6 Å². The Kier molecular flexibility index (Phi) is 6.95. The summed E-state index contributed by atoms with van der Waals surface area (Å²) in [5.41, 5.74) is 0.247. The fourth-order valence-corrected chi connectivity index (χ4v) is 2.41. The molecule has 1 heterocycles. The Balaban J connectivity index is 1.93. The van der Waals surface area contributed by atoms with E-state index in [4.69, 9.17) is 20.9 Å². The van der Waals surface area contributed by atoms with Gasteiger partial charge in [-0.3, -0.25) is 9.59 Å². The molecule has 2 N–H and O–H groups in total. The van der Waals surface area contributed by atoms with Crippen molar-refractivity contribution in [3.8, 4) is 0 Å². The first kappa shape index (κ1) is 20.4. The van der Waals surface area contributed by atoms with Crippen LogP contribution in [0, 0.1) is 12.8 Å². The van der Waals surface area contributed by atoms with Gasteiger partial charge in [0.1, 0.15) is 11.8 Å². The second-order valence-corrected chi connectivity index (χ2v) is 6.56. The monoisotopic (exact) mass is 393 g/mol. The Hall–Kier alpha value is -2.87. The average Bonchev–Trinajstić information content (AvgIpc) is 3.02. The molecule has 1 atom stereocenters. The number of anilines is 1. The van der Waals surface area contributed by atoms with Gasteiger partial charge in [0.25, 0.3) is 11.8 Å². The molecule has 0 fully saturated rings. The third-order valence-corrected chi connectivity index (χ3v) is 3.90. The van der Waals surface area contributed by atoms with Crippen molar-refractivity contribution in [2.45, 2.75) is 26.8 Å². The molecule has 0 bridgehead atoms. The highest BCUT2D eigenvalue weighted by Crippen LogP contribution is 2.16. The second kappa shape index (κ2) is 9.18. The molecule has 0 saturated carbocycles. The number of nitrogens with one attached hydrogen (secondary N) is 2. The standard InChI is InChI=1S/C18H20ClN3O5/c1-10(2)16(21-17(24)12-6-4-5-7-13(12)19)18(25)26-9-15(23)20-14-8-11(3)27-22-14/h4-8,10,16H,9H2,1-3H3,(H,21,24)(H,20,22,23). The summed E-state index contributed by atoms with van der Waals surface area (Å²) in [6, 6.07) is 7.08. The topological polar surface area (TPSA) is 111 Å². The normalized spacial score (nSPS) is 11.7. The largest absolute Gasteiger partial charge is 0.454 e. The van der Waals surface area contributed by atoms with Gasteiger partial charge >= 0.3 is 5.97 Å². The minimum absolute atomic E-state index is 0.223. The maximum atomic E-state index is 12.4. The number of benzene rings is 1. The molecule has 2 rings (SSSR count). The first-order valence-electron chi connectivity index (χ1n) is 8.23. The van der Waals surface area contributed by atoms with Crippen molar-refractivity contribution in [3.05, 3.63) is 46.7 Å². The van der Waals surface area contributed by atoms with E-state index in [0.717, 1.165) is 0 Å². The molecule has 2 aromatic rings. The van der Waals surface area contributed by atoms with Gasteiger partial charge in [0.2, 0.25) is 0 Å². The fraction of sp³-hybridized carbons (Fsp3) is 0.333. The molecule has 0 aliphatic heterocycles.